The first kappa shape index (κ1) is 17.5. The average Bonchev–Trinajstić information content (AvgIpc) is 3.05. The number of ether oxygens (including phenoxy) is 1. The Morgan fingerprint density at radius 2 is 1.85 bits per heavy atom. The van der Waals surface area contributed by atoms with Crippen LogP contribution in [0.1, 0.15) is 12.5 Å². The summed E-state index contributed by atoms with van der Waals surface area (Å²) in [6.07, 6.45) is 0.280. The van der Waals surface area contributed by atoms with Crippen LogP contribution in [0.3, 0.4) is 0 Å². The van der Waals surface area contributed by atoms with Gasteiger partial charge in [-0.1, -0.05) is 53.8 Å². The second kappa shape index (κ2) is 7.37. The molecule has 27 heavy (non-hydrogen) atoms. The standard InChI is InChI=1S/C22H20N2O2S/c1-3-24-19-13-10-16-6-4-5-7-18(16)21(19)27-22(24)23-20(25)14-15-8-11-17(26-2)12-9-15/h4-13H,3,14H2,1-2H3. The van der Waals surface area contributed by atoms with Gasteiger partial charge in [-0.25, -0.2) is 0 Å². The average molecular weight is 376 g/mol. The van der Waals surface area contributed by atoms with E-state index in [2.05, 4.69) is 40.7 Å². The second-order valence-electron chi connectivity index (χ2n) is 6.29. The Labute approximate surface area is 161 Å². The molecule has 3 aromatic carbocycles. The van der Waals surface area contributed by atoms with Crippen molar-refractivity contribution in [1.82, 2.24) is 4.57 Å². The Morgan fingerprint density at radius 1 is 1.07 bits per heavy atom. The van der Waals surface area contributed by atoms with Gasteiger partial charge in [0.25, 0.3) is 5.91 Å². The molecular weight excluding hydrogens is 356 g/mol. The van der Waals surface area contributed by atoms with Gasteiger partial charge in [0.15, 0.2) is 4.80 Å². The molecule has 0 spiro atoms. The molecule has 0 saturated carbocycles. The summed E-state index contributed by atoms with van der Waals surface area (Å²) < 4.78 is 8.44. The number of hydrogen-bond acceptors (Lipinski definition) is 3. The zero-order valence-electron chi connectivity index (χ0n) is 15.3. The van der Waals surface area contributed by atoms with Crippen LogP contribution in [0.15, 0.2) is 65.7 Å². The third-order valence-corrected chi connectivity index (χ3v) is 5.75. The van der Waals surface area contributed by atoms with Gasteiger partial charge in [-0.05, 0) is 36.1 Å². The van der Waals surface area contributed by atoms with Crippen LogP contribution in [0, 0.1) is 0 Å². The van der Waals surface area contributed by atoms with Crippen LogP contribution in [0.4, 0.5) is 0 Å². The number of aryl methyl sites for hydroxylation is 1. The smallest absolute Gasteiger partial charge is 0.252 e. The van der Waals surface area contributed by atoms with Gasteiger partial charge in [0.1, 0.15) is 5.75 Å². The number of fused-ring (bicyclic) bond motifs is 3. The van der Waals surface area contributed by atoms with E-state index in [1.807, 2.05) is 36.4 Å². The van der Waals surface area contributed by atoms with Gasteiger partial charge >= 0.3 is 0 Å². The maximum absolute atomic E-state index is 12.5. The Bertz CT molecular complexity index is 1190. The molecule has 0 aliphatic rings. The highest BCUT2D eigenvalue weighted by molar-refractivity contribution is 7.17. The first-order valence-electron chi connectivity index (χ1n) is 8.91. The Kier molecular flexibility index (Phi) is 4.77. The zero-order chi connectivity index (χ0) is 18.8. The fraction of sp³-hybridized carbons (Fsp3) is 0.182. The SMILES string of the molecule is CCn1c(=NC(=O)Cc2ccc(OC)cc2)sc2c3ccccc3ccc21. The van der Waals surface area contributed by atoms with E-state index in [9.17, 15) is 4.79 Å². The third kappa shape index (κ3) is 3.38. The predicted molar refractivity (Wildman–Crippen MR) is 110 cm³/mol. The summed E-state index contributed by atoms with van der Waals surface area (Å²) in [5.41, 5.74) is 2.05. The zero-order valence-corrected chi connectivity index (χ0v) is 16.1. The van der Waals surface area contributed by atoms with Gasteiger partial charge in [0.05, 0.1) is 23.7 Å². The maximum atomic E-state index is 12.5. The van der Waals surface area contributed by atoms with Crippen molar-refractivity contribution in [2.24, 2.45) is 4.99 Å². The number of nitrogens with zero attached hydrogens (tertiary/aromatic N) is 2. The molecule has 4 nitrogen and oxygen atoms in total. The molecule has 0 bridgehead atoms. The van der Waals surface area contributed by atoms with Crippen molar-refractivity contribution in [2.75, 3.05) is 7.11 Å². The Morgan fingerprint density at radius 3 is 2.59 bits per heavy atom. The van der Waals surface area contributed by atoms with Gasteiger partial charge in [0.2, 0.25) is 0 Å². The number of aromatic nitrogens is 1. The second-order valence-corrected chi connectivity index (χ2v) is 7.27. The molecule has 1 amide bonds. The number of carbonyl (C=O) groups is 1. The van der Waals surface area contributed by atoms with E-state index in [-0.39, 0.29) is 12.3 Å². The lowest BCUT2D eigenvalue weighted by Crippen LogP contribution is -2.16. The quantitative estimate of drug-likeness (QED) is 0.524. The van der Waals surface area contributed by atoms with Crippen LogP contribution < -0.4 is 9.54 Å². The van der Waals surface area contributed by atoms with Crippen molar-refractivity contribution in [1.29, 1.82) is 0 Å². The van der Waals surface area contributed by atoms with Crippen molar-refractivity contribution in [2.45, 2.75) is 19.9 Å². The fourth-order valence-corrected chi connectivity index (χ4v) is 4.50. The molecular formula is C22H20N2O2S. The first-order chi connectivity index (χ1) is 13.2. The largest absolute Gasteiger partial charge is 0.497 e. The van der Waals surface area contributed by atoms with Gasteiger partial charge in [-0.3, -0.25) is 4.79 Å². The summed E-state index contributed by atoms with van der Waals surface area (Å²) in [6.45, 7) is 2.85. The third-order valence-electron chi connectivity index (χ3n) is 4.62. The van der Waals surface area contributed by atoms with Crippen LogP contribution in [-0.2, 0) is 17.8 Å². The highest BCUT2D eigenvalue weighted by Crippen LogP contribution is 2.27. The fourth-order valence-electron chi connectivity index (χ4n) is 3.25. The van der Waals surface area contributed by atoms with E-state index in [1.165, 1.54) is 15.5 Å². The van der Waals surface area contributed by atoms with Crippen LogP contribution in [-0.4, -0.2) is 17.6 Å². The van der Waals surface area contributed by atoms with Crippen molar-refractivity contribution >= 4 is 38.2 Å². The van der Waals surface area contributed by atoms with Crippen LogP contribution in [0.5, 0.6) is 5.75 Å². The van der Waals surface area contributed by atoms with Crippen molar-refractivity contribution < 1.29 is 9.53 Å². The molecule has 4 rings (SSSR count). The molecule has 0 N–H and O–H groups in total. The molecule has 1 heterocycles. The number of rotatable bonds is 4. The minimum Gasteiger partial charge on any atom is -0.497 e. The molecule has 5 heteroatoms. The molecule has 136 valence electrons. The highest BCUT2D eigenvalue weighted by Gasteiger charge is 2.10. The van der Waals surface area contributed by atoms with E-state index in [4.69, 9.17) is 4.74 Å². The number of hydrogen-bond donors (Lipinski definition) is 0. The van der Waals surface area contributed by atoms with E-state index < -0.39 is 0 Å². The van der Waals surface area contributed by atoms with E-state index in [0.29, 0.717) is 0 Å². The lowest BCUT2D eigenvalue weighted by Gasteiger charge is -2.03. The molecule has 0 aliphatic carbocycles. The number of methoxy groups -OCH3 is 1. The summed E-state index contributed by atoms with van der Waals surface area (Å²) in [5.74, 6) is 0.640. The molecule has 0 aliphatic heterocycles. The van der Waals surface area contributed by atoms with Crippen LogP contribution >= 0.6 is 11.3 Å². The summed E-state index contributed by atoms with van der Waals surface area (Å²) in [7, 11) is 1.63. The summed E-state index contributed by atoms with van der Waals surface area (Å²) in [5, 5.41) is 2.40. The molecule has 4 aromatic rings. The normalized spacial score (nSPS) is 12.0. The predicted octanol–water partition coefficient (Wildman–Crippen LogP) is 4.55. The molecule has 0 unspecified atom stereocenters. The molecule has 0 saturated heterocycles. The van der Waals surface area contributed by atoms with Crippen molar-refractivity contribution in [3.05, 3.63) is 71.0 Å². The molecule has 0 radical (unpaired) electrons. The Balaban J connectivity index is 1.75. The number of thiazole rings is 1. The maximum Gasteiger partial charge on any atom is 0.252 e. The van der Waals surface area contributed by atoms with Gasteiger partial charge in [-0.15, -0.1) is 0 Å². The van der Waals surface area contributed by atoms with Crippen LogP contribution in [0.25, 0.3) is 21.0 Å². The van der Waals surface area contributed by atoms with Crippen molar-refractivity contribution in [3.63, 3.8) is 0 Å². The molecule has 0 fully saturated rings. The molecule has 0 atom stereocenters. The van der Waals surface area contributed by atoms with Crippen molar-refractivity contribution in [3.8, 4) is 5.75 Å². The lowest BCUT2D eigenvalue weighted by atomic mass is 10.1. The first-order valence-corrected chi connectivity index (χ1v) is 9.73. The van der Waals surface area contributed by atoms with Crippen LogP contribution in [0.2, 0.25) is 0 Å². The van der Waals surface area contributed by atoms with E-state index in [0.717, 1.165) is 28.2 Å². The van der Waals surface area contributed by atoms with E-state index >= 15 is 0 Å². The Hall–Kier alpha value is -2.92. The number of carbonyl (C=O) groups excluding carboxylic acids is 1. The summed E-state index contributed by atoms with van der Waals surface area (Å²) in [6, 6.07) is 20.1. The summed E-state index contributed by atoms with van der Waals surface area (Å²) in [4.78, 5) is 17.7. The highest BCUT2D eigenvalue weighted by atomic mass is 32.1. The lowest BCUT2D eigenvalue weighted by molar-refractivity contribution is -0.117. The minimum absolute atomic E-state index is 0.141. The van der Waals surface area contributed by atoms with Gasteiger partial charge in [0, 0.05) is 11.9 Å². The minimum atomic E-state index is -0.141. The summed E-state index contributed by atoms with van der Waals surface area (Å²) >= 11 is 1.58. The number of amides is 1. The van der Waals surface area contributed by atoms with Gasteiger partial charge < -0.3 is 9.30 Å². The van der Waals surface area contributed by atoms with Gasteiger partial charge in [-0.2, -0.15) is 4.99 Å². The monoisotopic (exact) mass is 376 g/mol. The van der Waals surface area contributed by atoms with E-state index in [1.54, 1.807) is 18.4 Å². The molecule has 1 aromatic heterocycles. The number of benzene rings is 3. The topological polar surface area (TPSA) is 43.6 Å².